The largest absolute Gasteiger partial charge is 0.455 e. The van der Waals surface area contributed by atoms with E-state index in [0.29, 0.717) is 0 Å². The fraction of sp³-hybridized carbons (Fsp3) is 0.667. The molecule has 1 aromatic rings. The Bertz CT molecular complexity index is 1060. The normalized spacial score (nSPS) is 51.4. The molecule has 5 fully saturated rings. The van der Waals surface area contributed by atoms with E-state index in [1.165, 1.54) is 12.1 Å². The van der Waals surface area contributed by atoms with Crippen LogP contribution in [0.25, 0.3) is 0 Å². The molecule has 9 heteroatoms. The molecule has 2 bridgehead atoms. The summed E-state index contributed by atoms with van der Waals surface area (Å²) in [6.07, 6.45) is -5.70. The number of hydrogen-bond donors (Lipinski definition) is 6. The molecule has 36 heavy (non-hydrogen) atoms. The maximum absolute atomic E-state index is 13.2. The van der Waals surface area contributed by atoms with E-state index in [9.17, 15) is 35.4 Å². The van der Waals surface area contributed by atoms with Gasteiger partial charge in [-0.2, -0.15) is 0 Å². The number of carbonyl (C=O) groups is 1. The summed E-state index contributed by atoms with van der Waals surface area (Å²) in [5, 5.41) is 69.1. The molecule has 1 aromatic carbocycles. The van der Waals surface area contributed by atoms with Crippen LogP contribution in [-0.2, 0) is 9.47 Å². The molecule has 0 aromatic heterocycles. The first-order valence-electron chi connectivity index (χ1n) is 12.5. The van der Waals surface area contributed by atoms with Crippen molar-refractivity contribution in [2.24, 2.45) is 23.7 Å². The molecule has 3 aliphatic carbocycles. The quantitative estimate of drug-likeness (QED) is 0.248. The molecular formula is C27H36O9. The predicted octanol–water partition coefficient (Wildman–Crippen LogP) is 0.159. The van der Waals surface area contributed by atoms with Crippen molar-refractivity contribution in [3.8, 4) is 0 Å². The van der Waals surface area contributed by atoms with Crippen LogP contribution < -0.4 is 0 Å². The maximum atomic E-state index is 13.2. The van der Waals surface area contributed by atoms with Gasteiger partial charge < -0.3 is 40.1 Å². The Labute approximate surface area is 210 Å². The van der Waals surface area contributed by atoms with E-state index in [1.807, 2.05) is 0 Å². The van der Waals surface area contributed by atoms with E-state index in [0.717, 1.165) is 0 Å². The first kappa shape index (κ1) is 25.8. The van der Waals surface area contributed by atoms with Crippen molar-refractivity contribution in [2.45, 2.75) is 80.4 Å². The standard InChI is InChI=1S/C27H36O9/c1-13(2)24(33)11-15(4)26(34)17-10-14(3)19(29)27(17)23(32)25(12-28,36-27)21(18(26)20(24)30)35-22(31)16-8-6-5-7-9-16/h5-9,14-15,17-21,23,28-30,32-34H,1,10-12H2,2-4H3/t14-,15+,17-,18+,19-,20+,21-,23+,24+,25+,26-,27+/m0/s1. The Morgan fingerprint density at radius 1 is 1.14 bits per heavy atom. The van der Waals surface area contributed by atoms with Gasteiger partial charge in [0.25, 0.3) is 0 Å². The zero-order valence-corrected chi connectivity index (χ0v) is 20.7. The highest BCUT2D eigenvalue weighted by molar-refractivity contribution is 5.89. The minimum Gasteiger partial charge on any atom is -0.455 e. The van der Waals surface area contributed by atoms with Gasteiger partial charge >= 0.3 is 5.97 Å². The van der Waals surface area contributed by atoms with Crippen molar-refractivity contribution in [3.05, 3.63) is 48.0 Å². The summed E-state index contributed by atoms with van der Waals surface area (Å²) in [6.45, 7) is 8.11. The van der Waals surface area contributed by atoms with E-state index in [1.54, 1.807) is 39.0 Å². The molecule has 2 aliphatic heterocycles. The summed E-state index contributed by atoms with van der Waals surface area (Å²) in [4.78, 5) is 13.2. The highest BCUT2D eigenvalue weighted by Gasteiger charge is 2.86. The minimum absolute atomic E-state index is 0.0465. The number of carbonyl (C=O) groups excluding carboxylic acids is 1. The zero-order chi connectivity index (χ0) is 26.4. The number of hydrogen-bond acceptors (Lipinski definition) is 9. The van der Waals surface area contributed by atoms with Crippen LogP contribution in [0.2, 0.25) is 0 Å². The van der Waals surface area contributed by atoms with Crippen LogP contribution in [0.15, 0.2) is 42.5 Å². The van der Waals surface area contributed by atoms with Gasteiger partial charge in [0.05, 0.1) is 35.9 Å². The summed E-state index contributed by atoms with van der Waals surface area (Å²) in [7, 11) is 0. The lowest BCUT2D eigenvalue weighted by atomic mass is 9.54. The number of rotatable bonds is 4. The Morgan fingerprint density at radius 2 is 1.78 bits per heavy atom. The molecule has 12 atom stereocenters. The Kier molecular flexibility index (Phi) is 5.78. The van der Waals surface area contributed by atoms with Crippen molar-refractivity contribution in [2.75, 3.05) is 6.61 Å². The number of aliphatic hydroxyl groups is 6. The van der Waals surface area contributed by atoms with Crippen molar-refractivity contribution in [1.29, 1.82) is 0 Å². The van der Waals surface area contributed by atoms with Gasteiger partial charge in [0, 0.05) is 5.92 Å². The lowest BCUT2D eigenvalue weighted by Gasteiger charge is -2.61. The number of esters is 1. The molecular weight excluding hydrogens is 468 g/mol. The third-order valence-corrected chi connectivity index (χ3v) is 9.78. The topological polar surface area (TPSA) is 157 Å². The number of benzene rings is 1. The van der Waals surface area contributed by atoms with Crippen LogP contribution in [0.3, 0.4) is 0 Å². The van der Waals surface area contributed by atoms with E-state index >= 15 is 0 Å². The van der Waals surface area contributed by atoms with Gasteiger partial charge in [-0.15, -0.1) is 0 Å². The van der Waals surface area contributed by atoms with E-state index < -0.39 is 77.1 Å². The van der Waals surface area contributed by atoms with E-state index in [4.69, 9.17) is 9.47 Å². The third kappa shape index (κ3) is 2.88. The highest BCUT2D eigenvalue weighted by atomic mass is 16.6. The fourth-order valence-corrected chi connectivity index (χ4v) is 7.83. The van der Waals surface area contributed by atoms with Crippen molar-refractivity contribution in [1.82, 2.24) is 0 Å². The molecule has 1 spiro atoms. The van der Waals surface area contributed by atoms with Gasteiger partial charge in [-0.05, 0) is 49.3 Å². The van der Waals surface area contributed by atoms with Crippen LogP contribution >= 0.6 is 0 Å². The molecule has 5 aliphatic rings. The Balaban J connectivity index is 1.72. The van der Waals surface area contributed by atoms with Gasteiger partial charge in [-0.1, -0.05) is 38.6 Å². The summed E-state index contributed by atoms with van der Waals surface area (Å²) >= 11 is 0. The van der Waals surface area contributed by atoms with Crippen LogP contribution in [0.1, 0.15) is 44.0 Å². The number of aliphatic hydroxyl groups excluding tert-OH is 4. The molecule has 9 nitrogen and oxygen atoms in total. The van der Waals surface area contributed by atoms with Crippen LogP contribution in [0, 0.1) is 23.7 Å². The molecule has 3 saturated carbocycles. The second-order valence-electron chi connectivity index (χ2n) is 11.5. The first-order valence-corrected chi connectivity index (χ1v) is 12.5. The molecule has 6 rings (SSSR count). The average molecular weight is 505 g/mol. The van der Waals surface area contributed by atoms with Gasteiger partial charge in [0.1, 0.15) is 23.4 Å². The third-order valence-electron chi connectivity index (χ3n) is 9.78. The second-order valence-corrected chi connectivity index (χ2v) is 11.5. The lowest BCUT2D eigenvalue weighted by molar-refractivity contribution is -0.402. The van der Waals surface area contributed by atoms with E-state index in [-0.39, 0.29) is 29.9 Å². The Hall–Kier alpha value is -1.85. The Morgan fingerprint density at radius 3 is 2.33 bits per heavy atom. The summed E-state index contributed by atoms with van der Waals surface area (Å²) in [5.41, 5.74) is -6.78. The summed E-state index contributed by atoms with van der Waals surface area (Å²) in [6, 6.07) is 8.07. The fourth-order valence-electron chi connectivity index (χ4n) is 7.83. The molecule has 0 amide bonds. The van der Waals surface area contributed by atoms with Crippen molar-refractivity contribution >= 4 is 5.97 Å². The van der Waals surface area contributed by atoms with Gasteiger partial charge in [-0.3, -0.25) is 0 Å². The van der Waals surface area contributed by atoms with Crippen LogP contribution in [0.4, 0.5) is 0 Å². The van der Waals surface area contributed by atoms with Crippen LogP contribution in [-0.4, -0.2) is 90.0 Å². The molecule has 6 N–H and O–H groups in total. The van der Waals surface area contributed by atoms with Crippen molar-refractivity contribution < 1.29 is 44.9 Å². The van der Waals surface area contributed by atoms with E-state index in [2.05, 4.69) is 6.58 Å². The van der Waals surface area contributed by atoms with Crippen LogP contribution in [0.5, 0.6) is 0 Å². The second kappa shape index (κ2) is 8.07. The van der Waals surface area contributed by atoms with Gasteiger partial charge in [0.2, 0.25) is 0 Å². The lowest BCUT2D eigenvalue weighted by Crippen LogP contribution is -2.82. The first-order chi connectivity index (χ1) is 16.8. The molecule has 0 radical (unpaired) electrons. The molecule has 0 unspecified atom stereocenters. The molecule has 198 valence electrons. The average Bonchev–Trinajstić information content (AvgIpc) is 3.05. The van der Waals surface area contributed by atoms with Gasteiger partial charge in [0.15, 0.2) is 5.60 Å². The smallest absolute Gasteiger partial charge is 0.338 e. The maximum Gasteiger partial charge on any atom is 0.338 e. The summed E-state index contributed by atoms with van der Waals surface area (Å²) < 4.78 is 12.2. The highest BCUT2D eigenvalue weighted by Crippen LogP contribution is 2.69. The van der Waals surface area contributed by atoms with Crippen molar-refractivity contribution in [3.63, 3.8) is 0 Å². The summed E-state index contributed by atoms with van der Waals surface area (Å²) in [5.74, 6) is -4.09. The number of ether oxygens (including phenoxy) is 2. The molecule has 2 heterocycles. The monoisotopic (exact) mass is 504 g/mol. The SMILES string of the molecule is C=C(C)[C@]1(O)C[C@@H](C)[C@@]2(O)[C@H]([C@H]1O)[C@H](OC(=O)c1ccccc1)[C@@]1(CO)O[C@@]3([C@@H]1O)[C@@H](O)[C@@H](C)C[C@@H]23. The predicted molar refractivity (Wildman–Crippen MR) is 127 cm³/mol. The molecule has 2 saturated heterocycles. The zero-order valence-electron chi connectivity index (χ0n) is 20.7. The minimum atomic E-state index is -1.93. The van der Waals surface area contributed by atoms with Gasteiger partial charge in [-0.25, -0.2) is 4.79 Å².